The van der Waals surface area contributed by atoms with Crippen LogP contribution in [0.5, 0.6) is 11.5 Å². The Hall–Kier alpha value is -2.50. The minimum Gasteiger partial charge on any atom is -0.493 e. The molecule has 0 radical (unpaired) electrons. The Labute approximate surface area is 105 Å². The molecular weight excluding hydrogens is 232 g/mol. The molecule has 2 aromatic rings. The quantitative estimate of drug-likeness (QED) is 0.848. The third kappa shape index (κ3) is 2.13. The summed E-state index contributed by atoms with van der Waals surface area (Å²) in [7, 11) is 3.16. The number of ether oxygens (including phenoxy) is 2. The summed E-state index contributed by atoms with van der Waals surface area (Å²) < 4.78 is 10.4. The Bertz CT molecular complexity index is 572. The van der Waals surface area contributed by atoms with E-state index >= 15 is 0 Å². The summed E-state index contributed by atoms with van der Waals surface area (Å²) in [6.45, 7) is 0. The molecular formula is C12H14N4O2. The van der Waals surface area contributed by atoms with Crippen LogP contribution < -0.4 is 20.9 Å². The van der Waals surface area contributed by atoms with E-state index in [0.29, 0.717) is 22.9 Å². The predicted molar refractivity (Wildman–Crippen MR) is 69.4 cm³/mol. The van der Waals surface area contributed by atoms with Crippen LogP contribution in [0, 0.1) is 0 Å². The van der Waals surface area contributed by atoms with Crippen LogP contribution in [0.1, 0.15) is 0 Å². The third-order valence-electron chi connectivity index (χ3n) is 2.53. The van der Waals surface area contributed by atoms with Gasteiger partial charge in [-0.05, 0) is 17.7 Å². The molecule has 0 aliphatic carbocycles. The van der Waals surface area contributed by atoms with E-state index in [1.807, 2.05) is 12.1 Å². The largest absolute Gasteiger partial charge is 0.493 e. The molecule has 0 spiro atoms. The lowest BCUT2D eigenvalue weighted by Crippen LogP contribution is -2.01. The van der Waals surface area contributed by atoms with Gasteiger partial charge in [0.2, 0.25) is 5.95 Å². The van der Waals surface area contributed by atoms with E-state index in [9.17, 15) is 0 Å². The van der Waals surface area contributed by atoms with Gasteiger partial charge >= 0.3 is 0 Å². The molecule has 0 aliphatic rings. The molecule has 18 heavy (non-hydrogen) atoms. The zero-order chi connectivity index (χ0) is 13.1. The first-order valence-electron chi connectivity index (χ1n) is 5.26. The molecule has 6 heteroatoms. The molecule has 0 unspecified atom stereocenters. The van der Waals surface area contributed by atoms with Crippen molar-refractivity contribution in [1.82, 2.24) is 9.97 Å². The molecule has 0 saturated carbocycles. The average Bonchev–Trinajstić information content (AvgIpc) is 2.38. The van der Waals surface area contributed by atoms with Crippen molar-refractivity contribution in [2.45, 2.75) is 0 Å². The number of rotatable bonds is 3. The van der Waals surface area contributed by atoms with Gasteiger partial charge in [0.25, 0.3) is 0 Å². The summed E-state index contributed by atoms with van der Waals surface area (Å²) in [4.78, 5) is 7.85. The summed E-state index contributed by atoms with van der Waals surface area (Å²) in [6, 6.07) is 5.46. The maximum absolute atomic E-state index is 5.81. The Morgan fingerprint density at radius 1 is 1.06 bits per heavy atom. The number of anilines is 2. The van der Waals surface area contributed by atoms with Gasteiger partial charge in [-0.1, -0.05) is 6.07 Å². The second-order valence-electron chi connectivity index (χ2n) is 3.60. The maximum atomic E-state index is 5.81. The minimum atomic E-state index is 0.150. The Kier molecular flexibility index (Phi) is 3.18. The van der Waals surface area contributed by atoms with Gasteiger partial charge in [0.15, 0.2) is 11.5 Å². The van der Waals surface area contributed by atoms with Crippen molar-refractivity contribution in [3.8, 4) is 22.6 Å². The highest BCUT2D eigenvalue weighted by atomic mass is 16.5. The van der Waals surface area contributed by atoms with Gasteiger partial charge in [0.05, 0.1) is 14.2 Å². The van der Waals surface area contributed by atoms with Crippen LogP contribution in [0.2, 0.25) is 0 Å². The summed E-state index contributed by atoms with van der Waals surface area (Å²) in [6.07, 6.45) is 1.58. The van der Waals surface area contributed by atoms with E-state index in [4.69, 9.17) is 20.9 Å². The van der Waals surface area contributed by atoms with Crippen LogP contribution in [0.25, 0.3) is 11.1 Å². The number of methoxy groups -OCH3 is 2. The summed E-state index contributed by atoms with van der Waals surface area (Å²) in [5, 5.41) is 0. The van der Waals surface area contributed by atoms with Crippen LogP contribution >= 0.6 is 0 Å². The van der Waals surface area contributed by atoms with E-state index in [1.165, 1.54) is 0 Å². The number of nitrogen functional groups attached to an aromatic ring is 2. The Morgan fingerprint density at radius 2 is 1.78 bits per heavy atom. The first-order valence-corrected chi connectivity index (χ1v) is 5.26. The highest BCUT2D eigenvalue weighted by molar-refractivity contribution is 5.75. The number of hydrogen-bond acceptors (Lipinski definition) is 6. The first kappa shape index (κ1) is 12.0. The van der Waals surface area contributed by atoms with E-state index in [-0.39, 0.29) is 5.95 Å². The average molecular weight is 246 g/mol. The van der Waals surface area contributed by atoms with Crippen molar-refractivity contribution in [3.05, 3.63) is 24.4 Å². The number of aromatic nitrogens is 2. The molecule has 94 valence electrons. The van der Waals surface area contributed by atoms with Crippen LogP contribution in [0.3, 0.4) is 0 Å². The van der Waals surface area contributed by atoms with Crippen LogP contribution in [-0.4, -0.2) is 24.2 Å². The maximum Gasteiger partial charge on any atom is 0.221 e. The lowest BCUT2D eigenvalue weighted by Gasteiger charge is -2.10. The number of hydrogen-bond donors (Lipinski definition) is 2. The SMILES string of the molecule is COc1ccc(-c2cnc(N)nc2N)cc1OC. The molecule has 0 amide bonds. The highest BCUT2D eigenvalue weighted by Gasteiger charge is 2.09. The Morgan fingerprint density at radius 3 is 2.39 bits per heavy atom. The lowest BCUT2D eigenvalue weighted by atomic mass is 10.1. The van der Waals surface area contributed by atoms with Crippen molar-refractivity contribution >= 4 is 11.8 Å². The van der Waals surface area contributed by atoms with Gasteiger partial charge in [-0.15, -0.1) is 0 Å². The topological polar surface area (TPSA) is 96.3 Å². The van der Waals surface area contributed by atoms with Crippen molar-refractivity contribution in [2.75, 3.05) is 25.7 Å². The minimum absolute atomic E-state index is 0.150. The molecule has 0 saturated heterocycles. The number of nitrogens with two attached hydrogens (primary N) is 2. The van der Waals surface area contributed by atoms with Gasteiger partial charge < -0.3 is 20.9 Å². The fourth-order valence-electron chi connectivity index (χ4n) is 1.64. The molecule has 1 aromatic carbocycles. The fraction of sp³-hybridized carbons (Fsp3) is 0.167. The Balaban J connectivity index is 2.51. The zero-order valence-corrected chi connectivity index (χ0v) is 10.2. The molecule has 1 heterocycles. The molecule has 0 aliphatic heterocycles. The smallest absolute Gasteiger partial charge is 0.221 e. The molecule has 2 rings (SSSR count). The zero-order valence-electron chi connectivity index (χ0n) is 10.2. The summed E-state index contributed by atoms with van der Waals surface area (Å²) >= 11 is 0. The van der Waals surface area contributed by atoms with E-state index in [0.717, 1.165) is 5.56 Å². The second kappa shape index (κ2) is 4.79. The highest BCUT2D eigenvalue weighted by Crippen LogP contribution is 2.33. The molecule has 1 aromatic heterocycles. The molecule has 0 fully saturated rings. The van der Waals surface area contributed by atoms with Crippen molar-refractivity contribution in [2.24, 2.45) is 0 Å². The van der Waals surface area contributed by atoms with Gasteiger partial charge in [0.1, 0.15) is 5.82 Å². The molecule has 0 atom stereocenters. The number of benzene rings is 1. The number of nitrogens with zero attached hydrogens (tertiary/aromatic N) is 2. The standard InChI is InChI=1S/C12H14N4O2/c1-17-9-4-3-7(5-10(9)18-2)8-6-15-12(14)16-11(8)13/h3-6H,1-2H3,(H4,13,14,15,16). The summed E-state index contributed by atoms with van der Waals surface area (Å²) in [5.74, 6) is 1.74. The van der Waals surface area contributed by atoms with E-state index < -0.39 is 0 Å². The molecule has 6 nitrogen and oxygen atoms in total. The van der Waals surface area contributed by atoms with Gasteiger partial charge in [-0.2, -0.15) is 4.98 Å². The first-order chi connectivity index (χ1) is 8.65. The van der Waals surface area contributed by atoms with Gasteiger partial charge in [-0.3, -0.25) is 0 Å². The third-order valence-corrected chi connectivity index (χ3v) is 2.53. The predicted octanol–water partition coefficient (Wildman–Crippen LogP) is 1.33. The van der Waals surface area contributed by atoms with E-state index in [2.05, 4.69) is 9.97 Å². The molecule has 0 bridgehead atoms. The normalized spacial score (nSPS) is 10.1. The fourth-order valence-corrected chi connectivity index (χ4v) is 1.64. The second-order valence-corrected chi connectivity index (χ2v) is 3.60. The van der Waals surface area contributed by atoms with Crippen LogP contribution in [0.15, 0.2) is 24.4 Å². The van der Waals surface area contributed by atoms with Crippen molar-refractivity contribution in [3.63, 3.8) is 0 Å². The van der Waals surface area contributed by atoms with E-state index in [1.54, 1.807) is 26.5 Å². The van der Waals surface area contributed by atoms with Gasteiger partial charge in [-0.25, -0.2) is 4.98 Å². The summed E-state index contributed by atoms with van der Waals surface area (Å²) in [5.41, 5.74) is 12.8. The van der Waals surface area contributed by atoms with Crippen LogP contribution in [0.4, 0.5) is 11.8 Å². The van der Waals surface area contributed by atoms with Crippen molar-refractivity contribution in [1.29, 1.82) is 0 Å². The molecule has 4 N–H and O–H groups in total. The monoisotopic (exact) mass is 246 g/mol. The van der Waals surface area contributed by atoms with Crippen LogP contribution in [-0.2, 0) is 0 Å². The lowest BCUT2D eigenvalue weighted by molar-refractivity contribution is 0.355. The van der Waals surface area contributed by atoms with Gasteiger partial charge in [0, 0.05) is 11.8 Å². The van der Waals surface area contributed by atoms with Crippen molar-refractivity contribution < 1.29 is 9.47 Å².